The van der Waals surface area contributed by atoms with Crippen molar-refractivity contribution in [2.24, 2.45) is 0 Å². The zero-order valence-electron chi connectivity index (χ0n) is 14.1. The Kier molecular flexibility index (Phi) is 5.89. The van der Waals surface area contributed by atoms with E-state index in [-0.39, 0.29) is 23.1 Å². The van der Waals surface area contributed by atoms with Gasteiger partial charge < -0.3 is 15.7 Å². The van der Waals surface area contributed by atoms with E-state index >= 15 is 0 Å². The number of carbonyl (C=O) groups excluding carboxylic acids is 2. The Hall–Kier alpha value is -3.15. The summed E-state index contributed by atoms with van der Waals surface area (Å²) in [6.07, 6.45) is 0.814. The Balaban J connectivity index is 2.19. The van der Waals surface area contributed by atoms with E-state index < -0.39 is 11.9 Å². The van der Waals surface area contributed by atoms with Crippen LogP contribution in [-0.2, 0) is 0 Å². The molecule has 2 rings (SSSR count). The third-order valence-electron chi connectivity index (χ3n) is 3.77. The quantitative estimate of drug-likeness (QED) is 0.752. The number of carbonyl (C=O) groups is 3. The van der Waals surface area contributed by atoms with Crippen molar-refractivity contribution in [3.63, 3.8) is 0 Å². The van der Waals surface area contributed by atoms with Crippen molar-refractivity contribution in [1.82, 2.24) is 5.32 Å². The summed E-state index contributed by atoms with van der Waals surface area (Å²) < 4.78 is 0. The predicted octanol–water partition coefficient (Wildman–Crippen LogP) is 3.17. The molecule has 2 aromatic rings. The minimum atomic E-state index is -1.17. The van der Waals surface area contributed by atoms with E-state index in [2.05, 4.69) is 10.6 Å². The first-order chi connectivity index (χ1) is 11.9. The molecule has 0 saturated heterocycles. The van der Waals surface area contributed by atoms with E-state index in [0.717, 1.165) is 6.42 Å². The molecule has 0 aliphatic rings. The lowest BCUT2D eigenvalue weighted by Crippen LogP contribution is -2.31. The fraction of sp³-hybridized carbons (Fsp3) is 0.211. The van der Waals surface area contributed by atoms with Crippen molar-refractivity contribution in [2.75, 3.05) is 5.32 Å². The molecule has 0 saturated carbocycles. The SMILES string of the molecule is CCC(C)NC(=O)c1cccc(NC(=O)c2ccccc2C(=O)O)c1. The zero-order valence-corrected chi connectivity index (χ0v) is 14.1. The third-order valence-corrected chi connectivity index (χ3v) is 3.77. The van der Waals surface area contributed by atoms with Crippen molar-refractivity contribution in [1.29, 1.82) is 0 Å². The molecule has 0 aromatic heterocycles. The van der Waals surface area contributed by atoms with Crippen LogP contribution in [0.5, 0.6) is 0 Å². The second kappa shape index (κ2) is 8.10. The molecular formula is C19H20N2O4. The highest BCUT2D eigenvalue weighted by molar-refractivity contribution is 6.11. The van der Waals surface area contributed by atoms with Crippen LogP contribution in [0, 0.1) is 0 Å². The van der Waals surface area contributed by atoms with Gasteiger partial charge in [0.05, 0.1) is 11.1 Å². The number of hydrogen-bond donors (Lipinski definition) is 3. The molecule has 0 aliphatic heterocycles. The van der Waals surface area contributed by atoms with Crippen LogP contribution in [0.2, 0.25) is 0 Å². The summed E-state index contributed by atoms with van der Waals surface area (Å²) in [6, 6.07) is 12.5. The largest absolute Gasteiger partial charge is 0.478 e. The Morgan fingerprint density at radius 1 is 1.00 bits per heavy atom. The first-order valence-electron chi connectivity index (χ1n) is 7.97. The van der Waals surface area contributed by atoms with E-state index in [0.29, 0.717) is 11.3 Å². The molecular weight excluding hydrogens is 320 g/mol. The minimum absolute atomic E-state index is 0.0493. The van der Waals surface area contributed by atoms with E-state index in [4.69, 9.17) is 0 Å². The molecule has 1 unspecified atom stereocenters. The molecule has 6 nitrogen and oxygen atoms in total. The number of anilines is 1. The Morgan fingerprint density at radius 2 is 1.68 bits per heavy atom. The van der Waals surface area contributed by atoms with Crippen molar-refractivity contribution < 1.29 is 19.5 Å². The molecule has 0 aliphatic carbocycles. The predicted molar refractivity (Wildman–Crippen MR) is 95.0 cm³/mol. The fourth-order valence-electron chi connectivity index (χ4n) is 2.21. The molecule has 0 radical (unpaired) electrons. The number of aromatic carboxylic acids is 1. The Bertz CT molecular complexity index is 802. The maximum absolute atomic E-state index is 12.4. The van der Waals surface area contributed by atoms with Gasteiger partial charge in [0, 0.05) is 17.3 Å². The average Bonchev–Trinajstić information content (AvgIpc) is 2.61. The monoisotopic (exact) mass is 340 g/mol. The Labute approximate surface area is 145 Å². The number of rotatable bonds is 6. The molecule has 0 heterocycles. The third kappa shape index (κ3) is 4.67. The number of carboxylic acid groups (broad SMARTS) is 1. The van der Waals surface area contributed by atoms with Gasteiger partial charge in [0.2, 0.25) is 0 Å². The van der Waals surface area contributed by atoms with Crippen LogP contribution >= 0.6 is 0 Å². The van der Waals surface area contributed by atoms with Crippen molar-refractivity contribution >= 4 is 23.5 Å². The number of nitrogens with one attached hydrogen (secondary N) is 2. The van der Waals surface area contributed by atoms with E-state index in [9.17, 15) is 19.5 Å². The van der Waals surface area contributed by atoms with Crippen molar-refractivity contribution in [3.05, 3.63) is 65.2 Å². The van der Waals surface area contributed by atoms with Gasteiger partial charge in [-0.05, 0) is 43.7 Å². The van der Waals surface area contributed by atoms with Crippen LogP contribution in [0.25, 0.3) is 0 Å². The molecule has 2 aromatic carbocycles. The van der Waals surface area contributed by atoms with Crippen LogP contribution in [0.3, 0.4) is 0 Å². The highest BCUT2D eigenvalue weighted by Gasteiger charge is 2.16. The summed E-state index contributed by atoms with van der Waals surface area (Å²) in [5.74, 6) is -1.94. The van der Waals surface area contributed by atoms with Crippen LogP contribution in [-0.4, -0.2) is 28.9 Å². The van der Waals surface area contributed by atoms with Crippen LogP contribution < -0.4 is 10.6 Å². The molecule has 3 N–H and O–H groups in total. The lowest BCUT2D eigenvalue weighted by atomic mass is 10.1. The number of amides is 2. The maximum Gasteiger partial charge on any atom is 0.336 e. The smallest absolute Gasteiger partial charge is 0.336 e. The summed E-state index contributed by atoms with van der Waals surface area (Å²) >= 11 is 0. The van der Waals surface area contributed by atoms with E-state index in [1.165, 1.54) is 12.1 Å². The second-order valence-electron chi connectivity index (χ2n) is 5.67. The molecule has 2 amide bonds. The number of carboxylic acids is 1. The molecule has 130 valence electrons. The molecule has 1 atom stereocenters. The van der Waals surface area contributed by atoms with Crippen LogP contribution in [0.4, 0.5) is 5.69 Å². The molecule has 0 bridgehead atoms. The summed E-state index contributed by atoms with van der Waals surface area (Å²) in [7, 11) is 0. The highest BCUT2D eigenvalue weighted by Crippen LogP contribution is 2.15. The second-order valence-corrected chi connectivity index (χ2v) is 5.67. The molecule has 0 spiro atoms. The van der Waals surface area contributed by atoms with Crippen molar-refractivity contribution in [3.8, 4) is 0 Å². The topological polar surface area (TPSA) is 95.5 Å². The Morgan fingerprint density at radius 3 is 2.32 bits per heavy atom. The van der Waals surface area contributed by atoms with Crippen molar-refractivity contribution in [2.45, 2.75) is 26.3 Å². The standard InChI is InChI=1S/C19H20N2O4/c1-3-12(2)20-17(22)13-7-6-8-14(11-13)21-18(23)15-9-4-5-10-16(15)19(24)25/h4-12H,3H2,1-2H3,(H,20,22)(H,21,23)(H,24,25). The van der Waals surface area contributed by atoms with Gasteiger partial charge in [0.25, 0.3) is 11.8 Å². The van der Waals surface area contributed by atoms with Crippen LogP contribution in [0.1, 0.15) is 51.3 Å². The normalized spacial score (nSPS) is 11.4. The molecule has 0 fully saturated rings. The van der Waals surface area contributed by atoms with Gasteiger partial charge in [-0.15, -0.1) is 0 Å². The first-order valence-corrected chi connectivity index (χ1v) is 7.97. The zero-order chi connectivity index (χ0) is 18.4. The lowest BCUT2D eigenvalue weighted by Gasteiger charge is -2.12. The molecule has 25 heavy (non-hydrogen) atoms. The highest BCUT2D eigenvalue weighted by atomic mass is 16.4. The average molecular weight is 340 g/mol. The number of hydrogen-bond acceptors (Lipinski definition) is 3. The van der Waals surface area contributed by atoms with E-state index in [1.54, 1.807) is 36.4 Å². The lowest BCUT2D eigenvalue weighted by molar-refractivity contribution is 0.0692. The first kappa shape index (κ1) is 18.2. The summed E-state index contributed by atoms with van der Waals surface area (Å²) in [5.41, 5.74) is 0.821. The summed E-state index contributed by atoms with van der Waals surface area (Å²) in [4.78, 5) is 35.8. The van der Waals surface area contributed by atoms with Gasteiger partial charge in [-0.1, -0.05) is 25.1 Å². The van der Waals surface area contributed by atoms with Gasteiger partial charge >= 0.3 is 5.97 Å². The molecule has 6 heteroatoms. The maximum atomic E-state index is 12.4. The van der Waals surface area contributed by atoms with Crippen LogP contribution in [0.15, 0.2) is 48.5 Å². The summed E-state index contributed by atoms with van der Waals surface area (Å²) in [5, 5.41) is 14.7. The van der Waals surface area contributed by atoms with Gasteiger partial charge in [0.1, 0.15) is 0 Å². The van der Waals surface area contributed by atoms with Gasteiger partial charge in [-0.2, -0.15) is 0 Å². The van der Waals surface area contributed by atoms with E-state index in [1.807, 2.05) is 13.8 Å². The number of benzene rings is 2. The minimum Gasteiger partial charge on any atom is -0.478 e. The fourth-order valence-corrected chi connectivity index (χ4v) is 2.21. The van der Waals surface area contributed by atoms with Gasteiger partial charge in [0.15, 0.2) is 0 Å². The summed E-state index contributed by atoms with van der Waals surface area (Å²) in [6.45, 7) is 3.88. The van der Waals surface area contributed by atoms with Gasteiger partial charge in [-0.3, -0.25) is 9.59 Å². The van der Waals surface area contributed by atoms with Gasteiger partial charge in [-0.25, -0.2) is 4.79 Å².